The van der Waals surface area contributed by atoms with Gasteiger partial charge >= 0.3 is 0 Å². The summed E-state index contributed by atoms with van der Waals surface area (Å²) in [5, 5.41) is 4.07. The second-order valence-corrected chi connectivity index (χ2v) is 5.27. The lowest BCUT2D eigenvalue weighted by Gasteiger charge is -2.32. The first kappa shape index (κ1) is 13.6. The highest BCUT2D eigenvalue weighted by Crippen LogP contribution is 2.40. The number of rotatable bonds is 2. The van der Waals surface area contributed by atoms with Crippen LogP contribution in [-0.2, 0) is 0 Å². The molecule has 2 aromatic carbocycles. The molecule has 23 heavy (non-hydrogen) atoms. The van der Waals surface area contributed by atoms with E-state index in [1.54, 1.807) is 36.4 Å². The van der Waals surface area contributed by atoms with Gasteiger partial charge in [0, 0.05) is 0 Å². The number of halogens is 1. The minimum absolute atomic E-state index is 0.133. The molecule has 0 saturated carbocycles. The van der Waals surface area contributed by atoms with Crippen LogP contribution >= 0.6 is 0 Å². The number of Topliss-reactive ketones (excluding diaryl/α,β-unsaturated/α-hetero) is 1. The fraction of sp³-hybridized carbons (Fsp3) is 0.118. The highest BCUT2D eigenvalue weighted by molar-refractivity contribution is 6.02. The molecule has 6 heteroatoms. The molecule has 0 radical (unpaired) electrons. The van der Waals surface area contributed by atoms with E-state index in [-0.39, 0.29) is 11.6 Å². The molecule has 0 unspecified atom stereocenters. The molecule has 0 spiro atoms. The molecule has 1 aliphatic heterocycles. The Hall–Kier alpha value is -3.02. The summed E-state index contributed by atoms with van der Waals surface area (Å²) >= 11 is 0. The first-order valence-electron chi connectivity index (χ1n) is 7.13. The summed E-state index contributed by atoms with van der Waals surface area (Å²) in [6, 6.07) is 12.3. The maximum Gasteiger partial charge on any atom is 0.195 e. The third-order valence-electron chi connectivity index (χ3n) is 3.86. The number of ether oxygens (including phenoxy) is 1. The summed E-state index contributed by atoms with van der Waals surface area (Å²) < 4.78 is 21.1. The van der Waals surface area contributed by atoms with E-state index in [9.17, 15) is 9.18 Å². The number of nitrogens with zero attached hydrogens (tertiary/aromatic N) is 3. The fourth-order valence-corrected chi connectivity index (χ4v) is 2.82. The number of aromatic nitrogens is 3. The SMILES string of the molecule is O=C1c2ccccc2O[C@@H](c2cccc(F)c2)[C@@H]1n1cncn1. The summed E-state index contributed by atoms with van der Waals surface area (Å²) in [6.07, 6.45) is 2.15. The summed E-state index contributed by atoms with van der Waals surface area (Å²) in [6.45, 7) is 0. The number of ketones is 1. The number of hydrogen-bond donors (Lipinski definition) is 0. The minimum Gasteiger partial charge on any atom is -0.482 e. The van der Waals surface area contributed by atoms with Gasteiger partial charge in [0.1, 0.15) is 24.2 Å². The minimum atomic E-state index is -0.728. The monoisotopic (exact) mass is 309 g/mol. The molecule has 3 aromatic rings. The Labute approximate surface area is 131 Å². The van der Waals surface area contributed by atoms with E-state index >= 15 is 0 Å². The molecule has 0 bridgehead atoms. The van der Waals surface area contributed by atoms with Crippen LogP contribution in [0.4, 0.5) is 4.39 Å². The van der Waals surface area contributed by atoms with Crippen molar-refractivity contribution in [2.45, 2.75) is 12.1 Å². The lowest BCUT2D eigenvalue weighted by Crippen LogP contribution is -2.34. The van der Waals surface area contributed by atoms with Gasteiger partial charge in [0.05, 0.1) is 5.56 Å². The van der Waals surface area contributed by atoms with Gasteiger partial charge in [-0.05, 0) is 29.8 Å². The van der Waals surface area contributed by atoms with Crippen molar-refractivity contribution in [1.29, 1.82) is 0 Å². The van der Waals surface area contributed by atoms with Crippen molar-refractivity contribution in [1.82, 2.24) is 14.8 Å². The van der Waals surface area contributed by atoms with Gasteiger partial charge in [-0.1, -0.05) is 24.3 Å². The molecule has 0 N–H and O–H groups in total. The predicted octanol–water partition coefficient (Wildman–Crippen LogP) is 2.97. The quantitative estimate of drug-likeness (QED) is 0.730. The van der Waals surface area contributed by atoms with E-state index in [0.29, 0.717) is 16.9 Å². The normalized spacial score (nSPS) is 20.0. The first-order valence-corrected chi connectivity index (χ1v) is 7.13. The molecular weight excluding hydrogens is 297 g/mol. The molecule has 114 valence electrons. The Morgan fingerprint density at radius 2 is 2.00 bits per heavy atom. The molecule has 1 aliphatic rings. The maximum absolute atomic E-state index is 13.6. The third-order valence-corrected chi connectivity index (χ3v) is 3.86. The second kappa shape index (κ2) is 5.31. The van der Waals surface area contributed by atoms with Crippen molar-refractivity contribution >= 4 is 5.78 Å². The van der Waals surface area contributed by atoms with Crippen molar-refractivity contribution in [3.63, 3.8) is 0 Å². The van der Waals surface area contributed by atoms with Crippen molar-refractivity contribution in [2.75, 3.05) is 0 Å². The lowest BCUT2D eigenvalue weighted by molar-refractivity contribution is 0.0652. The van der Waals surface area contributed by atoms with Gasteiger partial charge in [-0.2, -0.15) is 5.10 Å². The summed E-state index contributed by atoms with van der Waals surface area (Å²) in [7, 11) is 0. The number of carbonyl (C=O) groups excluding carboxylic acids is 1. The molecule has 0 aliphatic carbocycles. The Bertz CT molecular complexity index is 864. The summed E-state index contributed by atoms with van der Waals surface area (Å²) in [5.41, 5.74) is 1.06. The zero-order chi connectivity index (χ0) is 15.8. The van der Waals surface area contributed by atoms with E-state index in [1.807, 2.05) is 0 Å². The Balaban J connectivity index is 1.87. The zero-order valence-electron chi connectivity index (χ0n) is 12.0. The van der Waals surface area contributed by atoms with Crippen molar-refractivity contribution in [3.05, 3.63) is 78.1 Å². The van der Waals surface area contributed by atoms with Crippen molar-refractivity contribution in [3.8, 4) is 5.75 Å². The van der Waals surface area contributed by atoms with Gasteiger partial charge in [-0.3, -0.25) is 4.79 Å². The summed E-state index contributed by atoms with van der Waals surface area (Å²) in [5.74, 6) is -0.0236. The van der Waals surface area contributed by atoms with Gasteiger partial charge in [0.15, 0.2) is 17.9 Å². The van der Waals surface area contributed by atoms with Gasteiger partial charge < -0.3 is 4.74 Å². The van der Waals surface area contributed by atoms with E-state index in [2.05, 4.69) is 10.1 Å². The number of benzene rings is 2. The topological polar surface area (TPSA) is 57.0 Å². The molecular formula is C17H12FN3O2. The van der Waals surface area contributed by atoms with Crippen molar-refractivity contribution in [2.24, 2.45) is 0 Å². The predicted molar refractivity (Wildman–Crippen MR) is 79.6 cm³/mol. The van der Waals surface area contributed by atoms with E-state index < -0.39 is 12.1 Å². The molecule has 0 fully saturated rings. The number of carbonyl (C=O) groups is 1. The number of hydrogen-bond acceptors (Lipinski definition) is 4. The smallest absolute Gasteiger partial charge is 0.195 e. The van der Waals surface area contributed by atoms with E-state index in [1.165, 1.54) is 29.5 Å². The average molecular weight is 309 g/mol. The molecule has 5 nitrogen and oxygen atoms in total. The fourth-order valence-electron chi connectivity index (χ4n) is 2.82. The molecule has 0 amide bonds. The Morgan fingerprint density at radius 3 is 2.78 bits per heavy atom. The summed E-state index contributed by atoms with van der Waals surface area (Å²) in [4.78, 5) is 16.8. The van der Waals surface area contributed by atoms with Gasteiger partial charge in [-0.15, -0.1) is 0 Å². The first-order chi connectivity index (χ1) is 11.2. The molecule has 1 aromatic heterocycles. The maximum atomic E-state index is 13.6. The lowest BCUT2D eigenvalue weighted by atomic mass is 9.91. The third kappa shape index (κ3) is 2.28. The average Bonchev–Trinajstić information content (AvgIpc) is 3.09. The number of para-hydroxylation sites is 1. The van der Waals surface area contributed by atoms with Crippen LogP contribution in [0.25, 0.3) is 0 Å². The van der Waals surface area contributed by atoms with Crippen LogP contribution in [0.5, 0.6) is 5.75 Å². The van der Waals surface area contributed by atoms with Gasteiger partial charge in [-0.25, -0.2) is 14.1 Å². The van der Waals surface area contributed by atoms with Crippen LogP contribution in [0.2, 0.25) is 0 Å². The highest BCUT2D eigenvalue weighted by atomic mass is 19.1. The molecule has 4 rings (SSSR count). The standard InChI is InChI=1S/C17H12FN3O2/c18-12-5-3-4-11(8-12)17-15(21-10-19-9-20-21)16(22)13-6-1-2-7-14(13)23-17/h1-10,15,17H/t15-,17+/m1/s1. The van der Waals surface area contributed by atoms with Crippen molar-refractivity contribution < 1.29 is 13.9 Å². The Morgan fingerprint density at radius 1 is 1.13 bits per heavy atom. The Kier molecular flexibility index (Phi) is 3.15. The van der Waals surface area contributed by atoms with Crippen LogP contribution in [0.15, 0.2) is 61.2 Å². The van der Waals surface area contributed by atoms with Crippen LogP contribution in [0, 0.1) is 5.82 Å². The van der Waals surface area contributed by atoms with Crippen LogP contribution in [0.1, 0.15) is 28.1 Å². The second-order valence-electron chi connectivity index (χ2n) is 5.27. The largest absolute Gasteiger partial charge is 0.482 e. The molecule has 0 saturated heterocycles. The van der Waals surface area contributed by atoms with Gasteiger partial charge in [0.25, 0.3) is 0 Å². The zero-order valence-corrected chi connectivity index (χ0v) is 12.0. The van der Waals surface area contributed by atoms with Crippen LogP contribution < -0.4 is 4.74 Å². The van der Waals surface area contributed by atoms with E-state index in [4.69, 9.17) is 4.74 Å². The molecule has 2 atom stereocenters. The van der Waals surface area contributed by atoms with E-state index in [0.717, 1.165) is 0 Å². The van der Waals surface area contributed by atoms with Gasteiger partial charge in [0.2, 0.25) is 0 Å². The molecule has 2 heterocycles. The van der Waals surface area contributed by atoms with Crippen LogP contribution in [0.3, 0.4) is 0 Å². The number of fused-ring (bicyclic) bond motifs is 1. The highest BCUT2D eigenvalue weighted by Gasteiger charge is 2.40. The van der Waals surface area contributed by atoms with Crippen LogP contribution in [-0.4, -0.2) is 20.5 Å².